The van der Waals surface area contributed by atoms with Gasteiger partial charge < -0.3 is 10.6 Å². The molecular formula is C14H20ClFN2O. The topological polar surface area (TPSA) is 46.3 Å². The molecule has 0 heterocycles. The van der Waals surface area contributed by atoms with E-state index < -0.39 is 6.04 Å². The molecule has 1 aliphatic carbocycles. The van der Waals surface area contributed by atoms with Crippen LogP contribution >= 0.6 is 12.4 Å². The summed E-state index contributed by atoms with van der Waals surface area (Å²) < 4.78 is 12.8. The highest BCUT2D eigenvalue weighted by molar-refractivity contribution is 5.85. The predicted octanol–water partition coefficient (Wildman–Crippen LogP) is 2.13. The van der Waals surface area contributed by atoms with Crippen molar-refractivity contribution in [3.05, 3.63) is 35.6 Å². The Bertz CT molecular complexity index is 418. The zero-order valence-corrected chi connectivity index (χ0v) is 11.8. The molecule has 2 N–H and O–H groups in total. The van der Waals surface area contributed by atoms with Crippen LogP contribution in [0.3, 0.4) is 0 Å². The number of nitrogens with two attached hydrogens (primary N) is 1. The van der Waals surface area contributed by atoms with Crippen LogP contribution in [0.4, 0.5) is 4.39 Å². The van der Waals surface area contributed by atoms with Crippen LogP contribution < -0.4 is 5.73 Å². The molecule has 5 heteroatoms. The first kappa shape index (κ1) is 15.9. The Morgan fingerprint density at radius 1 is 1.42 bits per heavy atom. The van der Waals surface area contributed by atoms with Crippen LogP contribution in [0.2, 0.25) is 0 Å². The second kappa shape index (κ2) is 6.87. The lowest BCUT2D eigenvalue weighted by Crippen LogP contribution is -2.44. The summed E-state index contributed by atoms with van der Waals surface area (Å²) in [5, 5.41) is 0. The Balaban J connectivity index is 0.00000180. The second-order valence-corrected chi connectivity index (χ2v) is 4.93. The summed E-state index contributed by atoms with van der Waals surface area (Å²) in [4.78, 5) is 13.8. The molecule has 3 nitrogen and oxygen atoms in total. The van der Waals surface area contributed by atoms with Crippen LogP contribution in [-0.2, 0) is 11.2 Å². The van der Waals surface area contributed by atoms with Gasteiger partial charge in [0.1, 0.15) is 5.82 Å². The summed E-state index contributed by atoms with van der Waals surface area (Å²) in [5.41, 5.74) is 6.69. The third-order valence-corrected chi connectivity index (χ3v) is 3.21. The number of hydrogen-bond donors (Lipinski definition) is 1. The molecule has 19 heavy (non-hydrogen) atoms. The van der Waals surface area contributed by atoms with Gasteiger partial charge in [-0.05, 0) is 43.9 Å². The van der Waals surface area contributed by atoms with E-state index in [4.69, 9.17) is 5.73 Å². The molecule has 0 bridgehead atoms. The number of carbonyl (C=O) groups is 1. The van der Waals surface area contributed by atoms with Crippen LogP contribution in [-0.4, -0.2) is 29.4 Å². The minimum Gasteiger partial charge on any atom is -0.338 e. The highest BCUT2D eigenvalue weighted by Crippen LogP contribution is 2.27. The van der Waals surface area contributed by atoms with Crippen molar-refractivity contribution >= 4 is 18.3 Å². The van der Waals surface area contributed by atoms with Crippen molar-refractivity contribution in [1.29, 1.82) is 0 Å². The number of hydrogen-bond acceptors (Lipinski definition) is 2. The smallest absolute Gasteiger partial charge is 0.239 e. The Kier molecular flexibility index (Phi) is 5.76. The van der Waals surface area contributed by atoms with Crippen molar-refractivity contribution in [3.63, 3.8) is 0 Å². The number of nitrogens with zero attached hydrogens (tertiary/aromatic N) is 1. The summed E-state index contributed by atoms with van der Waals surface area (Å²) >= 11 is 0. The first-order valence-electron chi connectivity index (χ1n) is 6.38. The highest BCUT2D eigenvalue weighted by atomic mass is 35.5. The fourth-order valence-corrected chi connectivity index (χ4v) is 2.02. The van der Waals surface area contributed by atoms with E-state index in [-0.39, 0.29) is 24.1 Å². The van der Waals surface area contributed by atoms with Gasteiger partial charge >= 0.3 is 0 Å². The monoisotopic (exact) mass is 286 g/mol. The second-order valence-electron chi connectivity index (χ2n) is 4.93. The van der Waals surface area contributed by atoms with Gasteiger partial charge in [-0.3, -0.25) is 4.79 Å². The molecule has 1 aliphatic rings. The lowest BCUT2D eigenvalue weighted by Gasteiger charge is -2.24. The normalized spacial score (nSPS) is 15.5. The molecular weight excluding hydrogens is 267 g/mol. The fourth-order valence-electron chi connectivity index (χ4n) is 2.02. The maximum absolute atomic E-state index is 12.8. The Morgan fingerprint density at radius 3 is 2.47 bits per heavy atom. The van der Waals surface area contributed by atoms with Crippen molar-refractivity contribution < 1.29 is 9.18 Å². The molecule has 1 atom stereocenters. The van der Waals surface area contributed by atoms with Crippen LogP contribution in [0, 0.1) is 5.82 Å². The number of amides is 1. The Labute approximate surface area is 119 Å². The largest absolute Gasteiger partial charge is 0.338 e. The van der Waals surface area contributed by atoms with E-state index in [9.17, 15) is 9.18 Å². The van der Waals surface area contributed by atoms with Gasteiger partial charge in [0.05, 0.1) is 6.04 Å². The molecule has 0 aliphatic heterocycles. The van der Waals surface area contributed by atoms with Gasteiger partial charge in [0, 0.05) is 12.6 Å². The summed E-state index contributed by atoms with van der Waals surface area (Å²) in [6.07, 6.45) is 2.89. The van der Waals surface area contributed by atoms with Crippen LogP contribution in [0.1, 0.15) is 25.3 Å². The van der Waals surface area contributed by atoms with E-state index >= 15 is 0 Å². The van der Waals surface area contributed by atoms with Gasteiger partial charge in [-0.1, -0.05) is 12.1 Å². The molecule has 1 aromatic rings. The third-order valence-electron chi connectivity index (χ3n) is 3.21. The zero-order valence-electron chi connectivity index (χ0n) is 11.0. The van der Waals surface area contributed by atoms with Crippen LogP contribution in [0.25, 0.3) is 0 Å². The fraction of sp³-hybridized carbons (Fsp3) is 0.500. The van der Waals surface area contributed by atoms with Crippen LogP contribution in [0.15, 0.2) is 24.3 Å². The van der Waals surface area contributed by atoms with Gasteiger partial charge in [0.25, 0.3) is 0 Å². The molecule has 0 aromatic heterocycles. The molecule has 0 spiro atoms. The molecule has 0 radical (unpaired) electrons. The minimum absolute atomic E-state index is 0. The van der Waals surface area contributed by atoms with E-state index in [2.05, 4.69) is 0 Å². The maximum Gasteiger partial charge on any atom is 0.239 e. The van der Waals surface area contributed by atoms with E-state index in [1.54, 1.807) is 19.1 Å². The van der Waals surface area contributed by atoms with Crippen molar-refractivity contribution in [2.75, 3.05) is 6.54 Å². The average molecular weight is 287 g/mol. The molecule has 1 fully saturated rings. The molecule has 0 saturated heterocycles. The molecule has 106 valence electrons. The Morgan fingerprint density at radius 2 is 2.00 bits per heavy atom. The minimum atomic E-state index is -0.446. The summed E-state index contributed by atoms with van der Waals surface area (Å²) in [5.74, 6) is -0.218. The number of halogens is 2. The SMILES string of the molecule is C[C@@H](N)C(=O)N(CCc1ccc(F)cc1)C1CC1.Cl. The van der Waals surface area contributed by atoms with Crippen molar-refractivity contribution in [1.82, 2.24) is 4.90 Å². The standard InChI is InChI=1S/C14H19FN2O.ClH/c1-10(16)14(18)17(13-6-7-13)9-8-11-2-4-12(15)5-3-11;/h2-5,10,13H,6-9,16H2,1H3;1H/t10-;/m1./s1. The summed E-state index contributed by atoms with van der Waals surface area (Å²) in [6.45, 7) is 2.38. The first-order valence-corrected chi connectivity index (χ1v) is 6.38. The van der Waals surface area contributed by atoms with Crippen molar-refractivity contribution in [3.8, 4) is 0 Å². The summed E-state index contributed by atoms with van der Waals surface area (Å²) in [6, 6.07) is 6.34. The van der Waals surface area contributed by atoms with E-state index in [1.807, 2.05) is 4.90 Å². The molecule has 1 amide bonds. The molecule has 1 aromatic carbocycles. The molecule has 1 saturated carbocycles. The van der Waals surface area contributed by atoms with E-state index in [1.165, 1.54) is 12.1 Å². The van der Waals surface area contributed by atoms with Crippen molar-refractivity contribution in [2.45, 2.75) is 38.3 Å². The molecule has 0 unspecified atom stereocenters. The van der Waals surface area contributed by atoms with Crippen LogP contribution in [0.5, 0.6) is 0 Å². The third kappa shape index (κ3) is 4.48. The van der Waals surface area contributed by atoms with E-state index in [0.29, 0.717) is 12.6 Å². The van der Waals surface area contributed by atoms with Gasteiger partial charge in [0.2, 0.25) is 5.91 Å². The maximum atomic E-state index is 12.8. The number of rotatable bonds is 5. The quantitative estimate of drug-likeness (QED) is 0.901. The molecule has 2 rings (SSSR count). The van der Waals surface area contributed by atoms with Gasteiger partial charge in [0.15, 0.2) is 0 Å². The predicted molar refractivity (Wildman–Crippen MR) is 75.7 cm³/mol. The van der Waals surface area contributed by atoms with Gasteiger partial charge in [-0.15, -0.1) is 12.4 Å². The summed E-state index contributed by atoms with van der Waals surface area (Å²) in [7, 11) is 0. The first-order chi connectivity index (χ1) is 8.58. The highest BCUT2D eigenvalue weighted by Gasteiger charge is 2.33. The average Bonchev–Trinajstić information content (AvgIpc) is 3.16. The van der Waals surface area contributed by atoms with Gasteiger partial charge in [-0.25, -0.2) is 4.39 Å². The van der Waals surface area contributed by atoms with E-state index in [0.717, 1.165) is 24.8 Å². The number of carbonyl (C=O) groups excluding carboxylic acids is 1. The van der Waals surface area contributed by atoms with Crippen molar-refractivity contribution in [2.24, 2.45) is 5.73 Å². The zero-order chi connectivity index (χ0) is 13.1. The lowest BCUT2D eigenvalue weighted by molar-refractivity contribution is -0.132. The Hall–Kier alpha value is -1.13. The lowest BCUT2D eigenvalue weighted by atomic mass is 10.1. The number of benzene rings is 1. The van der Waals surface area contributed by atoms with Gasteiger partial charge in [-0.2, -0.15) is 0 Å².